The molecule has 2 aliphatic rings. The Kier molecular flexibility index (Phi) is 9.17. The van der Waals surface area contributed by atoms with Crippen molar-refractivity contribution in [3.8, 4) is 50.3 Å². The summed E-state index contributed by atoms with van der Waals surface area (Å²) in [6, 6.07) is 46.5. The van der Waals surface area contributed by atoms with Crippen LogP contribution in [0.3, 0.4) is 0 Å². The molecule has 4 aromatic carbocycles. The molecule has 0 aliphatic carbocycles. The number of esters is 1. The molecule has 3 aromatic heterocycles. The fraction of sp³-hybridized carbons (Fsp3) is 0.0217. The number of rotatable bonds is 5. The van der Waals surface area contributed by atoms with Crippen LogP contribution in [0.4, 0.5) is 0 Å². The van der Waals surface area contributed by atoms with E-state index in [1.165, 1.54) is 6.92 Å². The molecule has 7 aromatic rings. The van der Waals surface area contributed by atoms with Crippen LogP contribution in [0, 0.1) is 0 Å². The number of aromatic nitrogens is 4. The molecular formula is C46H30AuN4O2-2. The van der Waals surface area contributed by atoms with Crippen molar-refractivity contribution in [2.24, 2.45) is 0 Å². The molecule has 53 heavy (non-hydrogen) atoms. The van der Waals surface area contributed by atoms with Crippen LogP contribution in [-0.2, 0) is 27.2 Å². The topological polar surface area (TPSA) is 80.3 Å². The Morgan fingerprint density at radius 1 is 0.434 bits per heavy atom. The van der Waals surface area contributed by atoms with Crippen LogP contribution in [0.25, 0.3) is 90.9 Å². The molecule has 5 heterocycles. The minimum atomic E-state index is -0.371. The Balaban J connectivity index is 0.00000400. The van der Waals surface area contributed by atoms with Gasteiger partial charge < -0.3 is 14.7 Å². The molecule has 0 spiro atoms. The monoisotopic (exact) mass is 867 g/mol. The van der Waals surface area contributed by atoms with E-state index in [0.717, 1.165) is 89.4 Å². The number of fused-ring (bicyclic) bond motifs is 8. The predicted molar refractivity (Wildman–Crippen MR) is 210 cm³/mol. The molecule has 0 saturated carbocycles. The first-order chi connectivity index (χ1) is 25.6. The maximum Gasteiger partial charge on any atom is 0.308 e. The van der Waals surface area contributed by atoms with Gasteiger partial charge in [-0.15, -0.1) is 22.1 Å². The van der Waals surface area contributed by atoms with E-state index >= 15 is 0 Å². The van der Waals surface area contributed by atoms with E-state index in [1.54, 1.807) is 12.1 Å². The van der Waals surface area contributed by atoms with E-state index in [2.05, 4.69) is 72.8 Å². The molecule has 2 aliphatic heterocycles. The van der Waals surface area contributed by atoms with Crippen LogP contribution in [0.5, 0.6) is 5.75 Å². The number of ether oxygens (including phenoxy) is 1. The molecule has 7 heteroatoms. The molecule has 0 atom stereocenters. The number of hydrogen-bond acceptors (Lipinski definition) is 4. The molecule has 9 rings (SSSR count). The zero-order valence-electron chi connectivity index (χ0n) is 28.5. The SMILES string of the molecule is CC(=O)Oc1ccc(-c2c3nc(c(-c4ccccc4)c4ccc([n-]4)c(-c4ccccc4)c4nc(c(-c5ccccc5)c5ccc2[n-]5)C=C4)C=C3)cc1.[Au]. The van der Waals surface area contributed by atoms with Crippen LogP contribution in [0.2, 0.25) is 0 Å². The fourth-order valence-corrected chi connectivity index (χ4v) is 6.94. The number of carbonyl (C=O) groups is 1. The van der Waals surface area contributed by atoms with Crippen molar-refractivity contribution >= 4 is 52.3 Å². The van der Waals surface area contributed by atoms with Crippen molar-refractivity contribution in [3.63, 3.8) is 0 Å². The van der Waals surface area contributed by atoms with Gasteiger partial charge in [0.1, 0.15) is 5.75 Å². The van der Waals surface area contributed by atoms with Crippen molar-refractivity contribution in [3.05, 3.63) is 162 Å². The van der Waals surface area contributed by atoms with E-state index in [4.69, 9.17) is 24.7 Å². The summed E-state index contributed by atoms with van der Waals surface area (Å²) < 4.78 is 5.36. The smallest absolute Gasteiger partial charge is 0.308 e. The van der Waals surface area contributed by atoms with Gasteiger partial charge in [-0.05, 0) is 80.9 Å². The Labute approximate surface area is 322 Å². The van der Waals surface area contributed by atoms with E-state index in [-0.39, 0.29) is 28.3 Å². The molecule has 0 saturated heterocycles. The third kappa shape index (κ3) is 6.52. The normalized spacial score (nSPS) is 11.6. The van der Waals surface area contributed by atoms with Gasteiger partial charge in [0, 0.05) is 29.3 Å². The minimum absolute atomic E-state index is 0. The summed E-state index contributed by atoms with van der Waals surface area (Å²) in [6.07, 6.45) is 8.24. The molecular weight excluding hydrogens is 837 g/mol. The Hall–Kier alpha value is -6.31. The van der Waals surface area contributed by atoms with Gasteiger partial charge in [-0.25, -0.2) is 9.97 Å². The van der Waals surface area contributed by atoms with Crippen LogP contribution in [0.15, 0.2) is 140 Å². The van der Waals surface area contributed by atoms with E-state index in [9.17, 15) is 4.79 Å². The summed E-state index contributed by atoms with van der Waals surface area (Å²) in [6.45, 7) is 1.40. The first kappa shape index (κ1) is 33.8. The predicted octanol–water partition coefficient (Wildman–Crippen LogP) is 10.5. The Morgan fingerprint density at radius 2 is 0.736 bits per heavy atom. The average Bonchev–Trinajstić information content (AvgIpc) is 4.01. The summed E-state index contributed by atoms with van der Waals surface area (Å²) in [7, 11) is 0. The van der Waals surface area contributed by atoms with E-state index in [0.29, 0.717) is 5.75 Å². The van der Waals surface area contributed by atoms with E-state index in [1.807, 2.05) is 78.9 Å². The second-order valence-electron chi connectivity index (χ2n) is 12.6. The average molecular weight is 868 g/mol. The number of carbonyl (C=O) groups excluding carboxylic acids is 1. The molecule has 8 bridgehead atoms. The molecule has 0 fully saturated rings. The van der Waals surface area contributed by atoms with Crippen LogP contribution >= 0.6 is 0 Å². The first-order valence-corrected chi connectivity index (χ1v) is 17.1. The standard InChI is InChI=1S/C46H30N4O2.Au/c1-29(51)52-34-19-17-33(18-20-34)46-41-27-25-39(49-41)44(31-13-7-3-8-14-31)37-23-21-35(47-37)43(30-11-5-2-6-12-30)36-22-24-38(48-36)45(32-15-9-4-10-16-32)40-26-28-42(46)50-40;/h2-28H,1H3;/q-2;. The van der Waals surface area contributed by atoms with Crippen molar-refractivity contribution < 1.29 is 31.9 Å². The number of benzene rings is 4. The molecule has 6 nitrogen and oxygen atoms in total. The van der Waals surface area contributed by atoms with Gasteiger partial charge in [0.2, 0.25) is 0 Å². The Morgan fingerprint density at radius 3 is 1.04 bits per heavy atom. The van der Waals surface area contributed by atoms with Crippen LogP contribution in [0.1, 0.15) is 29.7 Å². The van der Waals surface area contributed by atoms with Gasteiger partial charge in [0.15, 0.2) is 0 Å². The van der Waals surface area contributed by atoms with Gasteiger partial charge in [0.05, 0.1) is 22.8 Å². The van der Waals surface area contributed by atoms with Crippen molar-refractivity contribution in [2.45, 2.75) is 6.92 Å². The second kappa shape index (κ2) is 14.4. The number of hydrogen-bond donors (Lipinski definition) is 0. The van der Waals surface area contributed by atoms with Gasteiger partial charge in [0.25, 0.3) is 0 Å². The van der Waals surface area contributed by atoms with Gasteiger partial charge in [-0.1, -0.05) is 127 Å². The van der Waals surface area contributed by atoms with Crippen LogP contribution in [-0.4, -0.2) is 15.9 Å². The summed E-state index contributed by atoms with van der Waals surface area (Å²) in [4.78, 5) is 32.9. The Bertz CT molecular complexity index is 2680. The fourth-order valence-electron chi connectivity index (χ4n) is 6.94. The minimum Gasteiger partial charge on any atom is -0.657 e. The summed E-state index contributed by atoms with van der Waals surface area (Å²) in [5.74, 6) is 0.101. The van der Waals surface area contributed by atoms with Crippen molar-refractivity contribution in [1.29, 1.82) is 0 Å². The second-order valence-corrected chi connectivity index (χ2v) is 12.6. The maximum atomic E-state index is 11.7. The number of nitrogens with zero attached hydrogens (tertiary/aromatic N) is 4. The van der Waals surface area contributed by atoms with Gasteiger partial charge >= 0.3 is 5.97 Å². The quantitative estimate of drug-likeness (QED) is 0.0974. The van der Waals surface area contributed by atoms with Crippen molar-refractivity contribution in [2.75, 3.05) is 0 Å². The third-order valence-electron chi connectivity index (χ3n) is 9.20. The maximum absolute atomic E-state index is 11.7. The third-order valence-corrected chi connectivity index (χ3v) is 9.20. The van der Waals surface area contributed by atoms with Gasteiger partial charge in [-0.2, -0.15) is 0 Å². The molecule has 0 amide bonds. The summed E-state index contributed by atoms with van der Waals surface area (Å²) >= 11 is 0. The molecule has 0 unspecified atom stereocenters. The van der Waals surface area contributed by atoms with Crippen LogP contribution < -0.4 is 14.7 Å². The zero-order chi connectivity index (χ0) is 35.0. The van der Waals surface area contributed by atoms with Gasteiger partial charge in [-0.3, -0.25) is 4.79 Å². The zero-order valence-corrected chi connectivity index (χ0v) is 30.7. The molecule has 1 radical (unpaired) electrons. The summed E-state index contributed by atoms with van der Waals surface area (Å²) in [5, 5.41) is 0. The molecule has 0 N–H and O–H groups in total. The first-order valence-electron chi connectivity index (χ1n) is 17.1. The van der Waals surface area contributed by atoms with E-state index < -0.39 is 0 Å². The molecule has 259 valence electrons. The van der Waals surface area contributed by atoms with Crippen molar-refractivity contribution in [1.82, 2.24) is 19.9 Å². The summed E-state index contributed by atoms with van der Waals surface area (Å²) in [5.41, 5.74) is 14.0. The largest absolute Gasteiger partial charge is 0.657 e.